The fourth-order valence-electron chi connectivity index (χ4n) is 1.12. The zero-order chi connectivity index (χ0) is 10.7. The van der Waals surface area contributed by atoms with E-state index in [-0.39, 0.29) is 0 Å². The van der Waals surface area contributed by atoms with Crippen LogP contribution in [-0.4, -0.2) is 9.97 Å². The van der Waals surface area contributed by atoms with Crippen molar-refractivity contribution in [2.75, 3.05) is 11.1 Å². The molecule has 0 aliphatic carbocycles. The maximum atomic E-state index is 5.54. The molecular weight excluding hydrogens is 256 g/mol. The van der Waals surface area contributed by atoms with Crippen molar-refractivity contribution < 1.29 is 0 Å². The van der Waals surface area contributed by atoms with Crippen molar-refractivity contribution in [1.82, 2.24) is 9.97 Å². The second-order valence-corrected chi connectivity index (χ2v) is 3.88. The first-order valence-electron chi connectivity index (χ1n) is 4.34. The SMILES string of the molecule is Nc1cc(Nc2ccc(Br)cc2)ncn1. The van der Waals surface area contributed by atoms with Crippen LogP contribution in [0.25, 0.3) is 0 Å². The summed E-state index contributed by atoms with van der Waals surface area (Å²) < 4.78 is 1.04. The van der Waals surface area contributed by atoms with Gasteiger partial charge in [-0.25, -0.2) is 9.97 Å². The number of nitrogens with one attached hydrogen (secondary N) is 1. The minimum Gasteiger partial charge on any atom is -0.384 e. The van der Waals surface area contributed by atoms with E-state index in [9.17, 15) is 0 Å². The topological polar surface area (TPSA) is 63.8 Å². The molecule has 0 fully saturated rings. The first-order chi connectivity index (χ1) is 7.24. The fourth-order valence-corrected chi connectivity index (χ4v) is 1.39. The zero-order valence-electron chi connectivity index (χ0n) is 7.81. The lowest BCUT2D eigenvalue weighted by Gasteiger charge is -2.05. The van der Waals surface area contributed by atoms with Gasteiger partial charge in [0.25, 0.3) is 0 Å². The maximum absolute atomic E-state index is 5.54. The molecule has 15 heavy (non-hydrogen) atoms. The third-order valence-electron chi connectivity index (χ3n) is 1.80. The van der Waals surface area contributed by atoms with E-state index >= 15 is 0 Å². The van der Waals surface area contributed by atoms with Crippen LogP contribution in [0.1, 0.15) is 0 Å². The van der Waals surface area contributed by atoms with Crippen LogP contribution in [0.15, 0.2) is 41.1 Å². The molecule has 0 aliphatic rings. The van der Waals surface area contributed by atoms with Gasteiger partial charge in [-0.15, -0.1) is 0 Å². The summed E-state index contributed by atoms with van der Waals surface area (Å²) in [7, 11) is 0. The Kier molecular flexibility index (Phi) is 2.82. The summed E-state index contributed by atoms with van der Waals surface area (Å²) in [6, 6.07) is 9.48. The molecule has 0 radical (unpaired) electrons. The Bertz CT molecular complexity index is 455. The Balaban J connectivity index is 2.18. The van der Waals surface area contributed by atoms with Gasteiger partial charge in [-0.05, 0) is 24.3 Å². The van der Waals surface area contributed by atoms with Gasteiger partial charge in [-0.3, -0.25) is 0 Å². The van der Waals surface area contributed by atoms with E-state index in [0.717, 1.165) is 10.2 Å². The second kappa shape index (κ2) is 4.27. The van der Waals surface area contributed by atoms with Crippen LogP contribution in [0.5, 0.6) is 0 Å². The van der Waals surface area contributed by atoms with E-state index in [1.165, 1.54) is 6.33 Å². The lowest BCUT2D eigenvalue weighted by molar-refractivity contribution is 1.18. The minimum absolute atomic E-state index is 0.449. The normalized spacial score (nSPS) is 9.93. The first kappa shape index (κ1) is 9.92. The number of halogens is 1. The minimum atomic E-state index is 0.449. The lowest BCUT2D eigenvalue weighted by Crippen LogP contribution is -1.96. The van der Waals surface area contributed by atoms with Gasteiger partial charge in [0, 0.05) is 16.2 Å². The Morgan fingerprint density at radius 2 is 1.87 bits per heavy atom. The van der Waals surface area contributed by atoms with Crippen molar-refractivity contribution in [3.63, 3.8) is 0 Å². The standard InChI is InChI=1S/C10H9BrN4/c11-7-1-3-8(4-2-7)15-10-5-9(12)13-6-14-10/h1-6H,(H3,12,13,14,15). The van der Waals surface area contributed by atoms with Crippen molar-refractivity contribution in [2.24, 2.45) is 0 Å². The molecule has 0 amide bonds. The van der Waals surface area contributed by atoms with Crippen molar-refractivity contribution >= 4 is 33.3 Å². The molecular formula is C10H9BrN4. The molecule has 1 aromatic carbocycles. The Labute approximate surface area is 95.7 Å². The van der Waals surface area contributed by atoms with E-state index in [4.69, 9.17) is 5.73 Å². The average molecular weight is 265 g/mol. The van der Waals surface area contributed by atoms with Crippen LogP contribution in [0, 0.1) is 0 Å². The molecule has 0 saturated heterocycles. The number of aromatic nitrogens is 2. The fraction of sp³-hybridized carbons (Fsp3) is 0. The van der Waals surface area contributed by atoms with Crippen molar-refractivity contribution in [3.05, 3.63) is 41.1 Å². The first-order valence-corrected chi connectivity index (χ1v) is 5.13. The highest BCUT2D eigenvalue weighted by molar-refractivity contribution is 9.10. The van der Waals surface area contributed by atoms with E-state index in [2.05, 4.69) is 31.2 Å². The summed E-state index contributed by atoms with van der Waals surface area (Å²) in [4.78, 5) is 7.86. The van der Waals surface area contributed by atoms with Gasteiger partial charge < -0.3 is 11.1 Å². The molecule has 5 heteroatoms. The van der Waals surface area contributed by atoms with Gasteiger partial charge in [0.05, 0.1) is 0 Å². The van der Waals surface area contributed by atoms with Crippen LogP contribution < -0.4 is 11.1 Å². The Morgan fingerprint density at radius 3 is 2.53 bits per heavy atom. The largest absolute Gasteiger partial charge is 0.384 e. The maximum Gasteiger partial charge on any atom is 0.135 e. The zero-order valence-corrected chi connectivity index (χ0v) is 9.40. The molecule has 0 spiro atoms. The van der Waals surface area contributed by atoms with Gasteiger partial charge in [-0.1, -0.05) is 15.9 Å². The quantitative estimate of drug-likeness (QED) is 0.875. The number of rotatable bonds is 2. The summed E-state index contributed by atoms with van der Waals surface area (Å²) >= 11 is 3.37. The van der Waals surface area contributed by atoms with Gasteiger partial charge in [0.15, 0.2) is 0 Å². The molecule has 1 heterocycles. The summed E-state index contributed by atoms with van der Waals surface area (Å²) in [5.41, 5.74) is 6.49. The summed E-state index contributed by atoms with van der Waals surface area (Å²) in [5, 5.41) is 3.12. The van der Waals surface area contributed by atoms with Gasteiger partial charge in [0.2, 0.25) is 0 Å². The van der Waals surface area contributed by atoms with E-state index in [1.807, 2.05) is 24.3 Å². The summed E-state index contributed by atoms with van der Waals surface area (Å²) in [6.07, 6.45) is 1.43. The number of nitrogen functional groups attached to an aromatic ring is 1. The lowest BCUT2D eigenvalue weighted by atomic mass is 10.3. The molecule has 2 rings (SSSR count). The third kappa shape index (κ3) is 2.66. The van der Waals surface area contributed by atoms with Crippen molar-refractivity contribution in [2.45, 2.75) is 0 Å². The van der Waals surface area contributed by atoms with Gasteiger partial charge in [0.1, 0.15) is 18.0 Å². The highest BCUT2D eigenvalue weighted by Gasteiger charge is 1.96. The van der Waals surface area contributed by atoms with Crippen LogP contribution in [0.2, 0.25) is 0 Å². The van der Waals surface area contributed by atoms with Crippen molar-refractivity contribution in [3.8, 4) is 0 Å². The molecule has 76 valence electrons. The van der Waals surface area contributed by atoms with E-state index in [0.29, 0.717) is 11.6 Å². The molecule has 1 aromatic heterocycles. The number of nitrogens with two attached hydrogens (primary N) is 1. The average Bonchev–Trinajstić information content (AvgIpc) is 2.22. The number of benzene rings is 1. The van der Waals surface area contributed by atoms with Gasteiger partial charge >= 0.3 is 0 Å². The second-order valence-electron chi connectivity index (χ2n) is 2.96. The Hall–Kier alpha value is -1.62. The van der Waals surface area contributed by atoms with Crippen molar-refractivity contribution in [1.29, 1.82) is 0 Å². The van der Waals surface area contributed by atoms with Crippen LogP contribution in [0.3, 0.4) is 0 Å². The monoisotopic (exact) mass is 264 g/mol. The molecule has 4 nitrogen and oxygen atoms in total. The van der Waals surface area contributed by atoms with Crippen LogP contribution in [0.4, 0.5) is 17.3 Å². The molecule has 0 aliphatic heterocycles. The third-order valence-corrected chi connectivity index (χ3v) is 2.33. The smallest absolute Gasteiger partial charge is 0.135 e. The van der Waals surface area contributed by atoms with E-state index in [1.54, 1.807) is 6.07 Å². The molecule has 0 atom stereocenters. The molecule has 0 unspecified atom stereocenters. The molecule has 0 saturated carbocycles. The number of nitrogens with zero attached hydrogens (tertiary/aromatic N) is 2. The highest BCUT2D eigenvalue weighted by Crippen LogP contribution is 2.18. The molecule has 3 N–H and O–H groups in total. The van der Waals surface area contributed by atoms with Crippen LogP contribution in [-0.2, 0) is 0 Å². The Morgan fingerprint density at radius 1 is 1.13 bits per heavy atom. The highest BCUT2D eigenvalue weighted by atomic mass is 79.9. The molecule has 0 bridgehead atoms. The summed E-state index contributed by atoms with van der Waals surface area (Å²) in [5.74, 6) is 1.13. The number of anilines is 3. The summed E-state index contributed by atoms with van der Waals surface area (Å²) in [6.45, 7) is 0. The van der Waals surface area contributed by atoms with Gasteiger partial charge in [-0.2, -0.15) is 0 Å². The molecule has 2 aromatic rings. The number of hydrogen-bond donors (Lipinski definition) is 2. The predicted molar refractivity (Wildman–Crippen MR) is 63.9 cm³/mol. The van der Waals surface area contributed by atoms with E-state index < -0.39 is 0 Å². The predicted octanol–water partition coefficient (Wildman–Crippen LogP) is 2.56. The van der Waals surface area contributed by atoms with Crippen LogP contribution >= 0.6 is 15.9 Å². The number of hydrogen-bond acceptors (Lipinski definition) is 4.